The van der Waals surface area contributed by atoms with E-state index in [1.807, 2.05) is 0 Å². The van der Waals surface area contributed by atoms with Crippen molar-refractivity contribution in [3.63, 3.8) is 0 Å². The van der Waals surface area contributed by atoms with Crippen LogP contribution in [0.2, 0.25) is 0 Å². The molecule has 0 fully saturated rings. The van der Waals surface area contributed by atoms with Gasteiger partial charge in [-0.05, 0) is 37.7 Å². The summed E-state index contributed by atoms with van der Waals surface area (Å²) >= 11 is 0. The Bertz CT molecular complexity index is 314. The number of carboxylic acid groups (broad SMARTS) is 1. The van der Waals surface area contributed by atoms with Gasteiger partial charge < -0.3 is 5.11 Å². The Balaban J connectivity index is 2.10. The van der Waals surface area contributed by atoms with Crippen LogP contribution in [0.1, 0.15) is 38.5 Å². The SMILES string of the molecule is O=C(O)CC1CC2=C(CCCC2)C1=O. The molecule has 0 bridgehead atoms. The number of rotatable bonds is 2. The maximum absolute atomic E-state index is 11.8. The fourth-order valence-electron chi connectivity index (χ4n) is 2.50. The van der Waals surface area contributed by atoms with E-state index in [9.17, 15) is 9.59 Å². The first kappa shape index (κ1) is 9.44. The zero-order chi connectivity index (χ0) is 10.1. The van der Waals surface area contributed by atoms with Crippen molar-refractivity contribution >= 4 is 11.8 Å². The number of allylic oxidation sites excluding steroid dienone is 2. The highest BCUT2D eigenvalue weighted by Gasteiger charge is 2.34. The van der Waals surface area contributed by atoms with Gasteiger partial charge in [-0.25, -0.2) is 0 Å². The normalized spacial score (nSPS) is 26.6. The predicted octanol–water partition coefficient (Wildman–Crippen LogP) is 1.92. The Hall–Kier alpha value is -1.12. The summed E-state index contributed by atoms with van der Waals surface area (Å²) in [6.45, 7) is 0. The summed E-state index contributed by atoms with van der Waals surface area (Å²) in [4.78, 5) is 22.3. The number of carbonyl (C=O) groups is 2. The number of aliphatic carboxylic acids is 1. The molecule has 0 spiro atoms. The average Bonchev–Trinajstić information content (AvgIpc) is 2.44. The summed E-state index contributed by atoms with van der Waals surface area (Å²) in [7, 11) is 0. The van der Waals surface area contributed by atoms with E-state index in [2.05, 4.69) is 0 Å². The lowest BCUT2D eigenvalue weighted by Crippen LogP contribution is -2.14. The number of hydrogen-bond acceptors (Lipinski definition) is 2. The molecule has 2 aliphatic rings. The molecule has 3 nitrogen and oxygen atoms in total. The Morgan fingerprint density at radius 1 is 1.36 bits per heavy atom. The molecule has 0 aromatic carbocycles. The number of ketones is 1. The van der Waals surface area contributed by atoms with Crippen LogP contribution in [0.3, 0.4) is 0 Å². The highest BCUT2D eigenvalue weighted by atomic mass is 16.4. The molecule has 2 rings (SSSR count). The first-order chi connectivity index (χ1) is 6.68. The maximum atomic E-state index is 11.8. The van der Waals surface area contributed by atoms with Gasteiger partial charge in [0.05, 0.1) is 6.42 Å². The van der Waals surface area contributed by atoms with Crippen molar-refractivity contribution in [2.45, 2.75) is 38.5 Å². The van der Waals surface area contributed by atoms with Crippen LogP contribution in [0.5, 0.6) is 0 Å². The largest absolute Gasteiger partial charge is 0.481 e. The molecule has 0 heterocycles. The van der Waals surface area contributed by atoms with Crippen LogP contribution in [0.25, 0.3) is 0 Å². The Morgan fingerprint density at radius 2 is 2.07 bits per heavy atom. The molecule has 0 aliphatic heterocycles. The number of carboxylic acids is 1. The van der Waals surface area contributed by atoms with Crippen LogP contribution in [0.4, 0.5) is 0 Å². The minimum atomic E-state index is -0.858. The summed E-state index contributed by atoms with van der Waals surface area (Å²) in [5.41, 5.74) is 2.20. The molecule has 3 heteroatoms. The summed E-state index contributed by atoms with van der Waals surface area (Å²) < 4.78 is 0. The van der Waals surface area contributed by atoms with E-state index in [-0.39, 0.29) is 18.1 Å². The lowest BCUT2D eigenvalue weighted by atomic mass is 9.94. The Kier molecular flexibility index (Phi) is 2.40. The molecule has 1 unspecified atom stereocenters. The van der Waals surface area contributed by atoms with Crippen molar-refractivity contribution in [2.75, 3.05) is 0 Å². The molecule has 76 valence electrons. The second kappa shape index (κ2) is 3.56. The lowest BCUT2D eigenvalue weighted by molar-refractivity contribution is -0.139. The third-order valence-electron chi connectivity index (χ3n) is 3.16. The van der Waals surface area contributed by atoms with Crippen molar-refractivity contribution in [2.24, 2.45) is 5.92 Å². The van der Waals surface area contributed by atoms with E-state index in [1.165, 1.54) is 5.57 Å². The molecule has 0 saturated carbocycles. The molecule has 14 heavy (non-hydrogen) atoms. The van der Waals surface area contributed by atoms with Crippen LogP contribution < -0.4 is 0 Å². The standard InChI is InChI=1S/C11H14O3/c12-10(13)6-8-5-7-3-1-2-4-9(7)11(8)14/h8H,1-6H2,(H,12,13). The Morgan fingerprint density at radius 3 is 2.71 bits per heavy atom. The lowest BCUT2D eigenvalue weighted by Gasteiger charge is -2.11. The van der Waals surface area contributed by atoms with Crippen molar-refractivity contribution < 1.29 is 14.7 Å². The second-order valence-corrected chi connectivity index (χ2v) is 4.15. The second-order valence-electron chi connectivity index (χ2n) is 4.15. The van der Waals surface area contributed by atoms with Crippen molar-refractivity contribution in [3.8, 4) is 0 Å². The smallest absolute Gasteiger partial charge is 0.304 e. The molecule has 2 aliphatic carbocycles. The van der Waals surface area contributed by atoms with Gasteiger partial charge in [0.15, 0.2) is 5.78 Å². The van der Waals surface area contributed by atoms with Gasteiger partial charge in [0.1, 0.15) is 0 Å². The molecule has 1 N–H and O–H groups in total. The molecule has 0 radical (unpaired) electrons. The molecular weight excluding hydrogens is 180 g/mol. The van der Waals surface area contributed by atoms with Crippen LogP contribution in [-0.2, 0) is 9.59 Å². The van der Waals surface area contributed by atoms with Gasteiger partial charge in [-0.3, -0.25) is 9.59 Å². The van der Waals surface area contributed by atoms with E-state index in [4.69, 9.17) is 5.11 Å². The van der Waals surface area contributed by atoms with E-state index in [1.54, 1.807) is 0 Å². The summed E-state index contributed by atoms with van der Waals surface area (Å²) in [5, 5.41) is 8.65. The third-order valence-corrected chi connectivity index (χ3v) is 3.16. The number of hydrogen-bond donors (Lipinski definition) is 1. The fraction of sp³-hybridized carbons (Fsp3) is 0.636. The van der Waals surface area contributed by atoms with Crippen LogP contribution >= 0.6 is 0 Å². The van der Waals surface area contributed by atoms with Gasteiger partial charge in [-0.15, -0.1) is 0 Å². The molecule has 0 amide bonds. The predicted molar refractivity (Wildman–Crippen MR) is 50.9 cm³/mol. The minimum absolute atomic E-state index is 0.00579. The maximum Gasteiger partial charge on any atom is 0.304 e. The van der Waals surface area contributed by atoms with Gasteiger partial charge in [-0.1, -0.05) is 5.57 Å². The van der Waals surface area contributed by atoms with Crippen molar-refractivity contribution in [3.05, 3.63) is 11.1 Å². The van der Waals surface area contributed by atoms with Crippen LogP contribution in [0, 0.1) is 5.92 Å². The molecule has 0 aromatic heterocycles. The highest BCUT2D eigenvalue weighted by Crippen LogP contribution is 2.38. The number of carbonyl (C=O) groups excluding carboxylic acids is 1. The van der Waals surface area contributed by atoms with E-state index < -0.39 is 5.97 Å². The molecule has 1 atom stereocenters. The van der Waals surface area contributed by atoms with Crippen molar-refractivity contribution in [1.29, 1.82) is 0 Å². The number of Topliss-reactive ketones (excluding diaryl/α,β-unsaturated/α-hetero) is 1. The first-order valence-corrected chi connectivity index (χ1v) is 5.15. The highest BCUT2D eigenvalue weighted by molar-refractivity contribution is 6.02. The molecule has 0 aromatic rings. The van der Waals surface area contributed by atoms with Crippen LogP contribution in [-0.4, -0.2) is 16.9 Å². The third kappa shape index (κ3) is 1.59. The quantitative estimate of drug-likeness (QED) is 0.730. The minimum Gasteiger partial charge on any atom is -0.481 e. The van der Waals surface area contributed by atoms with Crippen molar-refractivity contribution in [1.82, 2.24) is 0 Å². The summed E-state index contributed by atoms with van der Waals surface area (Å²) in [6.07, 6.45) is 4.85. The molecule has 0 saturated heterocycles. The average molecular weight is 194 g/mol. The zero-order valence-corrected chi connectivity index (χ0v) is 8.08. The van der Waals surface area contributed by atoms with Gasteiger partial charge in [0.25, 0.3) is 0 Å². The first-order valence-electron chi connectivity index (χ1n) is 5.15. The zero-order valence-electron chi connectivity index (χ0n) is 8.08. The summed E-state index contributed by atoms with van der Waals surface area (Å²) in [5.74, 6) is -0.999. The monoisotopic (exact) mass is 194 g/mol. The summed E-state index contributed by atoms with van der Waals surface area (Å²) in [6, 6.07) is 0. The van der Waals surface area contributed by atoms with Crippen LogP contribution in [0.15, 0.2) is 11.1 Å². The topological polar surface area (TPSA) is 54.4 Å². The van der Waals surface area contributed by atoms with Gasteiger partial charge in [-0.2, -0.15) is 0 Å². The van der Waals surface area contributed by atoms with E-state index in [0.717, 1.165) is 31.3 Å². The Labute approximate surface area is 82.8 Å². The van der Waals surface area contributed by atoms with E-state index >= 15 is 0 Å². The van der Waals surface area contributed by atoms with E-state index in [0.29, 0.717) is 6.42 Å². The van der Waals surface area contributed by atoms with Gasteiger partial charge in [0.2, 0.25) is 0 Å². The van der Waals surface area contributed by atoms with Gasteiger partial charge >= 0.3 is 5.97 Å². The molecular formula is C11H14O3. The van der Waals surface area contributed by atoms with Gasteiger partial charge in [0, 0.05) is 5.92 Å². The fourth-order valence-corrected chi connectivity index (χ4v) is 2.50.